The van der Waals surface area contributed by atoms with Gasteiger partial charge in [-0.2, -0.15) is 15.0 Å². The van der Waals surface area contributed by atoms with Gasteiger partial charge in [-0.3, -0.25) is 0 Å². The molecule has 3 rings (SSSR count). The Morgan fingerprint density at radius 2 is 1.72 bits per heavy atom. The number of benzene rings is 2. The maximum Gasteiger partial charge on any atom is 0.128 e. The van der Waals surface area contributed by atoms with Crippen molar-refractivity contribution in [3.63, 3.8) is 0 Å². The van der Waals surface area contributed by atoms with Crippen LogP contribution in [0.4, 0.5) is 4.39 Å². The van der Waals surface area contributed by atoms with Crippen LogP contribution in [0.15, 0.2) is 54.6 Å². The number of aromatic nitrogens is 3. The smallest absolute Gasteiger partial charge is 0.128 e. The lowest BCUT2D eigenvalue weighted by Gasteiger charge is -2.05. The minimum atomic E-state index is -0.242. The SMILES string of the molecule is CCCCOCCCNCc1nn(Cc2ccccc2F)nc1-c1ccccc1. The van der Waals surface area contributed by atoms with Gasteiger partial charge in [0.25, 0.3) is 0 Å². The highest BCUT2D eigenvalue weighted by Crippen LogP contribution is 2.20. The van der Waals surface area contributed by atoms with Crippen molar-refractivity contribution < 1.29 is 9.13 Å². The van der Waals surface area contributed by atoms with Gasteiger partial charge in [-0.05, 0) is 25.5 Å². The number of unbranched alkanes of at least 4 members (excludes halogenated alkanes) is 1. The van der Waals surface area contributed by atoms with Crippen LogP contribution in [0.2, 0.25) is 0 Å². The van der Waals surface area contributed by atoms with Gasteiger partial charge in [0.15, 0.2) is 0 Å². The van der Waals surface area contributed by atoms with E-state index >= 15 is 0 Å². The van der Waals surface area contributed by atoms with Crippen LogP contribution in [-0.4, -0.2) is 34.8 Å². The van der Waals surface area contributed by atoms with E-state index in [0.29, 0.717) is 18.7 Å². The van der Waals surface area contributed by atoms with Crippen LogP contribution >= 0.6 is 0 Å². The molecule has 0 fully saturated rings. The second-order valence-corrected chi connectivity index (χ2v) is 6.98. The molecule has 3 aromatic rings. The maximum absolute atomic E-state index is 14.0. The summed E-state index contributed by atoms with van der Waals surface area (Å²) in [5.41, 5.74) is 3.27. The molecule has 0 radical (unpaired) electrons. The van der Waals surface area contributed by atoms with Crippen molar-refractivity contribution >= 4 is 0 Å². The Morgan fingerprint density at radius 3 is 2.52 bits per heavy atom. The standard InChI is InChI=1S/C23H29FN4O/c1-2-3-15-29-16-9-14-25-17-22-23(19-10-5-4-6-11-19)27-28(26-22)18-20-12-7-8-13-21(20)24/h4-8,10-13,25H,2-3,9,14-18H2,1H3. The summed E-state index contributed by atoms with van der Waals surface area (Å²) < 4.78 is 19.6. The van der Waals surface area contributed by atoms with E-state index in [1.807, 2.05) is 36.4 Å². The Hall–Kier alpha value is -2.57. The molecule has 29 heavy (non-hydrogen) atoms. The van der Waals surface area contributed by atoms with Crippen LogP contribution in [-0.2, 0) is 17.8 Å². The highest BCUT2D eigenvalue weighted by molar-refractivity contribution is 5.60. The fourth-order valence-corrected chi connectivity index (χ4v) is 3.03. The molecule has 0 unspecified atom stereocenters. The third kappa shape index (κ3) is 6.48. The van der Waals surface area contributed by atoms with Crippen molar-refractivity contribution in [2.24, 2.45) is 0 Å². The van der Waals surface area contributed by atoms with E-state index in [4.69, 9.17) is 4.74 Å². The second kappa shape index (κ2) is 11.4. The van der Waals surface area contributed by atoms with Gasteiger partial charge in [0.05, 0.1) is 6.54 Å². The third-order valence-corrected chi connectivity index (χ3v) is 4.62. The Balaban J connectivity index is 1.63. The molecule has 0 bridgehead atoms. The molecule has 1 heterocycles. The van der Waals surface area contributed by atoms with Crippen molar-refractivity contribution in [3.05, 3.63) is 71.7 Å². The van der Waals surface area contributed by atoms with Crippen LogP contribution in [0.25, 0.3) is 11.3 Å². The number of nitrogens with one attached hydrogen (secondary N) is 1. The van der Waals surface area contributed by atoms with E-state index in [1.54, 1.807) is 16.9 Å². The van der Waals surface area contributed by atoms with E-state index in [9.17, 15) is 4.39 Å². The summed E-state index contributed by atoms with van der Waals surface area (Å²) in [4.78, 5) is 1.58. The number of hydrogen-bond donors (Lipinski definition) is 1. The van der Waals surface area contributed by atoms with E-state index in [0.717, 1.165) is 56.0 Å². The molecule has 1 aromatic heterocycles. The fraction of sp³-hybridized carbons (Fsp3) is 0.391. The zero-order chi connectivity index (χ0) is 20.3. The maximum atomic E-state index is 14.0. The summed E-state index contributed by atoms with van der Waals surface area (Å²) in [7, 11) is 0. The Morgan fingerprint density at radius 1 is 0.966 bits per heavy atom. The molecule has 1 N–H and O–H groups in total. The highest BCUT2D eigenvalue weighted by Gasteiger charge is 2.14. The zero-order valence-electron chi connectivity index (χ0n) is 17.0. The van der Waals surface area contributed by atoms with Crippen molar-refractivity contribution in [1.82, 2.24) is 20.3 Å². The molecule has 5 nitrogen and oxygen atoms in total. The monoisotopic (exact) mass is 396 g/mol. The highest BCUT2D eigenvalue weighted by atomic mass is 19.1. The predicted molar refractivity (Wildman–Crippen MR) is 113 cm³/mol. The molecule has 0 saturated carbocycles. The molecule has 6 heteroatoms. The molecular formula is C23H29FN4O. The van der Waals surface area contributed by atoms with Crippen molar-refractivity contribution in [2.75, 3.05) is 19.8 Å². The summed E-state index contributed by atoms with van der Waals surface area (Å²) in [6.07, 6.45) is 3.22. The Kier molecular flexibility index (Phi) is 8.34. The lowest BCUT2D eigenvalue weighted by Crippen LogP contribution is -2.17. The second-order valence-electron chi connectivity index (χ2n) is 6.98. The lowest BCUT2D eigenvalue weighted by atomic mass is 10.1. The first-order valence-electron chi connectivity index (χ1n) is 10.3. The first-order valence-corrected chi connectivity index (χ1v) is 10.3. The molecule has 0 aliphatic heterocycles. The first kappa shape index (κ1) is 21.1. The molecule has 0 aliphatic rings. The number of ether oxygens (including phenoxy) is 1. The first-order chi connectivity index (χ1) is 14.3. The third-order valence-electron chi connectivity index (χ3n) is 4.62. The number of hydrogen-bond acceptors (Lipinski definition) is 4. The minimum Gasteiger partial charge on any atom is -0.381 e. The molecule has 0 saturated heterocycles. The summed E-state index contributed by atoms with van der Waals surface area (Å²) in [5, 5.41) is 12.7. The Labute approximate surface area is 171 Å². The normalized spacial score (nSPS) is 11.1. The summed E-state index contributed by atoms with van der Waals surface area (Å²) >= 11 is 0. The van der Waals surface area contributed by atoms with Crippen LogP contribution in [0.1, 0.15) is 37.4 Å². The topological polar surface area (TPSA) is 52.0 Å². The number of halogens is 1. The van der Waals surface area contributed by atoms with Crippen LogP contribution < -0.4 is 5.32 Å². The van der Waals surface area contributed by atoms with Gasteiger partial charge in [-0.25, -0.2) is 4.39 Å². The number of nitrogens with zero attached hydrogens (tertiary/aromatic N) is 3. The van der Waals surface area contributed by atoms with Crippen LogP contribution in [0.3, 0.4) is 0 Å². The zero-order valence-corrected chi connectivity index (χ0v) is 17.0. The van der Waals surface area contributed by atoms with Crippen molar-refractivity contribution in [2.45, 2.75) is 39.3 Å². The minimum absolute atomic E-state index is 0.242. The van der Waals surface area contributed by atoms with Crippen LogP contribution in [0.5, 0.6) is 0 Å². The molecule has 0 amide bonds. The van der Waals surface area contributed by atoms with Crippen LogP contribution in [0, 0.1) is 5.82 Å². The van der Waals surface area contributed by atoms with Crippen molar-refractivity contribution in [1.29, 1.82) is 0 Å². The quantitative estimate of drug-likeness (QED) is 0.460. The lowest BCUT2D eigenvalue weighted by molar-refractivity contribution is 0.128. The molecule has 0 atom stereocenters. The molecule has 154 valence electrons. The van der Waals surface area contributed by atoms with Crippen molar-refractivity contribution in [3.8, 4) is 11.3 Å². The average Bonchev–Trinajstić information content (AvgIpc) is 3.15. The largest absolute Gasteiger partial charge is 0.381 e. The Bertz CT molecular complexity index is 866. The predicted octanol–water partition coefficient (Wildman–Crippen LogP) is 4.43. The van der Waals surface area contributed by atoms with E-state index in [2.05, 4.69) is 22.4 Å². The number of rotatable bonds is 12. The molecule has 0 spiro atoms. The fourth-order valence-electron chi connectivity index (χ4n) is 3.03. The molecule has 2 aromatic carbocycles. The summed E-state index contributed by atoms with van der Waals surface area (Å²) in [6, 6.07) is 16.7. The van der Waals surface area contributed by atoms with Gasteiger partial charge in [0, 0.05) is 30.9 Å². The van der Waals surface area contributed by atoms with Gasteiger partial charge >= 0.3 is 0 Å². The molecular weight excluding hydrogens is 367 g/mol. The summed E-state index contributed by atoms with van der Waals surface area (Å²) in [5.74, 6) is -0.242. The van der Waals surface area contributed by atoms with Gasteiger partial charge in [-0.15, -0.1) is 0 Å². The van der Waals surface area contributed by atoms with E-state index in [1.165, 1.54) is 6.07 Å². The van der Waals surface area contributed by atoms with E-state index in [-0.39, 0.29) is 5.82 Å². The van der Waals surface area contributed by atoms with Gasteiger partial charge < -0.3 is 10.1 Å². The average molecular weight is 397 g/mol. The summed E-state index contributed by atoms with van der Waals surface area (Å²) in [6.45, 7) is 5.51. The molecule has 0 aliphatic carbocycles. The van der Waals surface area contributed by atoms with Gasteiger partial charge in [0.2, 0.25) is 0 Å². The van der Waals surface area contributed by atoms with Gasteiger partial charge in [-0.1, -0.05) is 61.9 Å². The van der Waals surface area contributed by atoms with Gasteiger partial charge in [0.1, 0.15) is 17.2 Å². The van der Waals surface area contributed by atoms with E-state index < -0.39 is 0 Å².